The molecule has 4 rings (SSSR count). The molecule has 1 aliphatic carbocycles. The molecule has 0 bridgehead atoms. The highest BCUT2D eigenvalue weighted by atomic mass is 32.1. The number of alkyl halides is 6. The van der Waals surface area contributed by atoms with Gasteiger partial charge in [0.2, 0.25) is 0 Å². The molecule has 0 radical (unpaired) electrons. The number of ether oxygens (including phenoxy) is 1. The number of anilines is 2. The lowest BCUT2D eigenvalue weighted by molar-refractivity contribution is -0.388. The number of nitrogens with one attached hydrogen (secondary N) is 1. The zero-order valence-electron chi connectivity index (χ0n) is 21.2. The number of nitrogens with zero attached hydrogens (tertiary/aromatic N) is 4. The Balaban J connectivity index is 1.19. The molecule has 15 heteroatoms. The van der Waals surface area contributed by atoms with Crippen molar-refractivity contribution in [2.45, 2.75) is 50.2 Å². The topological polar surface area (TPSA) is 83.8 Å². The van der Waals surface area contributed by atoms with Crippen LogP contribution in [0.15, 0.2) is 36.5 Å². The zero-order chi connectivity index (χ0) is 29.1. The molecule has 1 saturated heterocycles. The molecule has 0 amide bonds. The number of piperazine rings is 1. The van der Waals surface area contributed by atoms with E-state index in [1.807, 2.05) is 9.80 Å². The Morgan fingerprint density at radius 1 is 1.02 bits per heavy atom. The first-order valence-electron chi connectivity index (χ1n) is 12.6. The Bertz CT molecular complexity index is 1190. The fourth-order valence-electron chi connectivity index (χ4n) is 4.86. The van der Waals surface area contributed by atoms with E-state index in [0.29, 0.717) is 62.5 Å². The third-order valence-electron chi connectivity index (χ3n) is 7.02. The molecule has 40 heavy (non-hydrogen) atoms. The van der Waals surface area contributed by atoms with Gasteiger partial charge in [0.05, 0.1) is 29.5 Å². The summed E-state index contributed by atoms with van der Waals surface area (Å²) in [6.07, 6.45) is -5.50. The van der Waals surface area contributed by atoms with Gasteiger partial charge in [-0.1, -0.05) is 12.2 Å². The highest BCUT2D eigenvalue weighted by Gasteiger charge is 2.38. The molecule has 1 aromatic carbocycles. The van der Waals surface area contributed by atoms with E-state index in [-0.39, 0.29) is 24.4 Å². The van der Waals surface area contributed by atoms with Crippen LogP contribution >= 0.6 is 12.2 Å². The lowest BCUT2D eigenvalue weighted by Crippen LogP contribution is -2.49. The minimum absolute atomic E-state index is 0.0573. The van der Waals surface area contributed by atoms with Gasteiger partial charge in [-0.25, -0.2) is 4.98 Å². The molecule has 1 aliphatic heterocycles. The van der Waals surface area contributed by atoms with Crippen LogP contribution in [0.25, 0.3) is 0 Å². The molecule has 2 fully saturated rings. The lowest BCUT2D eigenvalue weighted by Gasteiger charge is -2.37. The second kappa shape index (κ2) is 12.1. The van der Waals surface area contributed by atoms with E-state index < -0.39 is 34.2 Å². The summed E-state index contributed by atoms with van der Waals surface area (Å²) < 4.78 is 83.9. The van der Waals surface area contributed by atoms with E-state index in [2.05, 4.69) is 10.3 Å². The third-order valence-corrected chi connectivity index (χ3v) is 7.40. The number of nitro benzene ring substituents is 1. The number of pyridine rings is 1. The monoisotopic (exact) mass is 591 g/mol. The maximum atomic E-state index is 13.2. The molecule has 1 N–H and O–H groups in total. The fraction of sp³-hybridized carbons (Fsp3) is 0.520. The fourth-order valence-corrected chi connectivity index (χ4v) is 5.11. The average Bonchev–Trinajstić information content (AvgIpc) is 2.91. The minimum atomic E-state index is -4.84. The molecule has 0 atom stereocenters. The molecule has 218 valence electrons. The number of halogens is 6. The van der Waals surface area contributed by atoms with Crippen molar-refractivity contribution in [2.75, 3.05) is 43.0 Å². The summed E-state index contributed by atoms with van der Waals surface area (Å²) in [5.74, 6) is 0. The first kappa shape index (κ1) is 29.8. The molecule has 2 aromatic rings. The molecule has 2 aliphatic rings. The Labute approximate surface area is 231 Å². The predicted molar refractivity (Wildman–Crippen MR) is 139 cm³/mol. The van der Waals surface area contributed by atoms with Crippen LogP contribution in [0.2, 0.25) is 0 Å². The van der Waals surface area contributed by atoms with Crippen molar-refractivity contribution in [1.29, 1.82) is 0 Å². The Hall–Kier alpha value is -3.20. The number of aromatic nitrogens is 1. The van der Waals surface area contributed by atoms with Gasteiger partial charge in [-0.05, 0) is 49.9 Å². The normalized spacial score (nSPS) is 20.4. The summed E-state index contributed by atoms with van der Waals surface area (Å²) in [5.41, 5.74) is -2.41. The number of hydrogen-bond acceptors (Lipinski definition) is 7. The maximum Gasteiger partial charge on any atom is 0.433 e. The largest absolute Gasteiger partial charge is 0.433 e. The van der Waals surface area contributed by atoms with Crippen LogP contribution in [0.4, 0.5) is 43.4 Å². The molecule has 2 heterocycles. The quantitative estimate of drug-likeness (QED) is 0.184. The first-order valence-corrected chi connectivity index (χ1v) is 13.0. The van der Waals surface area contributed by atoms with Gasteiger partial charge in [0.25, 0.3) is 5.69 Å². The van der Waals surface area contributed by atoms with E-state index in [1.165, 1.54) is 18.3 Å². The van der Waals surface area contributed by atoms with Crippen molar-refractivity contribution < 1.29 is 36.0 Å². The Morgan fingerprint density at radius 2 is 1.70 bits per heavy atom. The summed E-state index contributed by atoms with van der Waals surface area (Å²) in [5, 5.41) is 14.0. The van der Waals surface area contributed by atoms with Gasteiger partial charge in [-0.2, -0.15) is 26.3 Å². The van der Waals surface area contributed by atoms with Crippen molar-refractivity contribution in [3.63, 3.8) is 0 Å². The summed E-state index contributed by atoms with van der Waals surface area (Å²) in [6.45, 7) is 2.58. The van der Waals surface area contributed by atoms with E-state index in [0.717, 1.165) is 18.2 Å². The second-order valence-corrected chi connectivity index (χ2v) is 10.2. The van der Waals surface area contributed by atoms with Crippen molar-refractivity contribution in [3.8, 4) is 0 Å². The molecular weight excluding hydrogens is 564 g/mol. The van der Waals surface area contributed by atoms with Gasteiger partial charge in [0.1, 0.15) is 16.2 Å². The van der Waals surface area contributed by atoms with Gasteiger partial charge >= 0.3 is 12.4 Å². The summed E-state index contributed by atoms with van der Waals surface area (Å²) in [4.78, 5) is 18.0. The van der Waals surface area contributed by atoms with Crippen LogP contribution in [0, 0.1) is 10.1 Å². The predicted octanol–water partition coefficient (Wildman–Crippen LogP) is 5.92. The number of rotatable bonds is 7. The average molecular weight is 592 g/mol. The summed E-state index contributed by atoms with van der Waals surface area (Å²) in [7, 11) is 0. The number of benzene rings is 1. The molecule has 0 unspecified atom stereocenters. The second-order valence-electron chi connectivity index (χ2n) is 9.68. The van der Waals surface area contributed by atoms with Gasteiger partial charge in [-0.3, -0.25) is 10.1 Å². The zero-order valence-corrected chi connectivity index (χ0v) is 22.0. The van der Waals surface area contributed by atoms with Gasteiger partial charge in [-0.15, -0.1) is 0 Å². The Morgan fingerprint density at radius 3 is 2.25 bits per heavy atom. The molecule has 1 aromatic heterocycles. The number of hydrogen-bond donors (Lipinski definition) is 1. The molecule has 1 saturated carbocycles. The maximum absolute atomic E-state index is 13.2. The highest BCUT2D eigenvalue weighted by Crippen LogP contribution is 2.38. The van der Waals surface area contributed by atoms with Crippen LogP contribution in [0.1, 0.15) is 36.9 Å². The smallest absolute Gasteiger partial charge is 0.382 e. The van der Waals surface area contributed by atoms with E-state index in [9.17, 15) is 36.5 Å². The van der Waals surface area contributed by atoms with Crippen molar-refractivity contribution >= 4 is 34.3 Å². The van der Waals surface area contributed by atoms with Crippen LogP contribution in [-0.2, 0) is 17.1 Å². The van der Waals surface area contributed by atoms with Gasteiger partial charge in [0, 0.05) is 44.0 Å². The first-order chi connectivity index (χ1) is 18.8. The van der Waals surface area contributed by atoms with E-state index in [1.54, 1.807) is 0 Å². The van der Waals surface area contributed by atoms with E-state index in [4.69, 9.17) is 17.0 Å². The van der Waals surface area contributed by atoms with Crippen LogP contribution < -0.4 is 10.2 Å². The lowest BCUT2D eigenvalue weighted by atomic mass is 9.92. The molecular formula is C25H27F6N5O3S. The minimum Gasteiger partial charge on any atom is -0.382 e. The van der Waals surface area contributed by atoms with E-state index >= 15 is 0 Å². The SMILES string of the molecule is O=[N+]([O-])c1ccc(NC2CCC(OCC(=S)N3CCN(c4ccc(C(F)(F)F)nc4)CC3)CC2)cc1C(F)(F)F. The number of thiocarbonyl (C=S) groups is 1. The number of nitro groups is 1. The van der Waals surface area contributed by atoms with Crippen LogP contribution in [-0.4, -0.2) is 64.7 Å². The van der Waals surface area contributed by atoms with Crippen LogP contribution in [0.3, 0.4) is 0 Å². The van der Waals surface area contributed by atoms with Crippen molar-refractivity contribution in [3.05, 3.63) is 57.9 Å². The summed E-state index contributed by atoms with van der Waals surface area (Å²) in [6, 6.07) is 5.20. The van der Waals surface area contributed by atoms with Crippen LogP contribution in [0.5, 0.6) is 0 Å². The van der Waals surface area contributed by atoms with Crippen molar-refractivity contribution in [1.82, 2.24) is 9.88 Å². The Kier molecular flexibility index (Phi) is 9.02. The standard InChI is InChI=1S/C25H27F6N5O3S/c26-24(27,28)20-13-17(3-7-21(20)36(37)38)33-16-1-5-19(6-2-16)39-15-23(40)35-11-9-34(10-12-35)18-4-8-22(32-14-18)25(29,30)31/h3-4,7-8,13-14,16,19,33H,1-2,5-6,9-12,15H2. The highest BCUT2D eigenvalue weighted by molar-refractivity contribution is 7.80. The van der Waals surface area contributed by atoms with Gasteiger partial charge < -0.3 is 19.9 Å². The van der Waals surface area contributed by atoms with Gasteiger partial charge in [0.15, 0.2) is 0 Å². The third kappa shape index (κ3) is 7.50. The van der Waals surface area contributed by atoms with Crippen molar-refractivity contribution in [2.24, 2.45) is 0 Å². The summed E-state index contributed by atoms with van der Waals surface area (Å²) >= 11 is 5.53. The molecule has 8 nitrogen and oxygen atoms in total. The molecule has 0 spiro atoms.